The zero-order valence-corrected chi connectivity index (χ0v) is 17.0. The minimum absolute atomic E-state index is 0.897. The number of piperazine rings is 1. The Labute approximate surface area is 167 Å². The lowest BCUT2D eigenvalue weighted by atomic mass is 10.2. The molecule has 0 spiro atoms. The van der Waals surface area contributed by atoms with Gasteiger partial charge in [0.1, 0.15) is 0 Å². The fourth-order valence-corrected chi connectivity index (χ4v) is 4.03. The summed E-state index contributed by atoms with van der Waals surface area (Å²) in [6.07, 6.45) is 1.04. The van der Waals surface area contributed by atoms with Crippen LogP contribution in [0.3, 0.4) is 0 Å². The normalized spacial score (nSPS) is 16.4. The minimum Gasteiger partial charge on any atom is -0.356 e. The number of thiophene rings is 1. The average molecular weight is 386 g/mol. The molecule has 0 unspecified atom stereocenters. The van der Waals surface area contributed by atoms with Crippen LogP contribution >= 0.6 is 11.3 Å². The lowest BCUT2D eigenvalue weighted by Crippen LogP contribution is -2.49. The fourth-order valence-electron chi connectivity index (χ4n) is 3.32. The van der Waals surface area contributed by atoms with Gasteiger partial charge in [0.2, 0.25) is 0 Å². The number of guanidine groups is 1. The van der Waals surface area contributed by atoms with Gasteiger partial charge in [0, 0.05) is 64.3 Å². The summed E-state index contributed by atoms with van der Waals surface area (Å²) < 4.78 is 0. The Morgan fingerprint density at radius 1 is 0.963 bits per heavy atom. The number of hydrogen-bond donors (Lipinski definition) is 2. The highest BCUT2D eigenvalue weighted by Gasteiger charge is 2.16. The molecule has 0 bridgehead atoms. The van der Waals surface area contributed by atoms with Crippen LogP contribution < -0.4 is 10.6 Å². The molecular formula is C21H31N5S. The number of nitrogens with one attached hydrogen (secondary N) is 2. The highest BCUT2D eigenvalue weighted by molar-refractivity contribution is 7.09. The zero-order chi connectivity index (χ0) is 18.7. The van der Waals surface area contributed by atoms with Crippen molar-refractivity contribution >= 4 is 17.3 Å². The highest BCUT2D eigenvalue weighted by Crippen LogP contribution is 2.09. The number of aliphatic imine (C=N–C) groups is 1. The fraction of sp³-hybridized carbons (Fsp3) is 0.476. The van der Waals surface area contributed by atoms with E-state index in [9.17, 15) is 0 Å². The third-order valence-electron chi connectivity index (χ3n) is 4.90. The quantitative estimate of drug-likeness (QED) is 0.540. The van der Waals surface area contributed by atoms with E-state index in [1.807, 2.05) is 18.4 Å². The summed E-state index contributed by atoms with van der Waals surface area (Å²) in [6, 6.07) is 15.0. The van der Waals surface area contributed by atoms with Gasteiger partial charge >= 0.3 is 0 Å². The Hall–Kier alpha value is -1.89. The SMILES string of the molecule is CN=C(NCCc1cccs1)NCCN1CCN(Cc2ccccc2)CC1. The second kappa shape index (κ2) is 11.1. The largest absolute Gasteiger partial charge is 0.356 e. The summed E-state index contributed by atoms with van der Waals surface area (Å²) in [5, 5.41) is 8.96. The molecule has 0 radical (unpaired) electrons. The lowest BCUT2D eigenvalue weighted by molar-refractivity contribution is 0.129. The van der Waals surface area contributed by atoms with Crippen LogP contribution in [-0.2, 0) is 13.0 Å². The summed E-state index contributed by atoms with van der Waals surface area (Å²) >= 11 is 1.81. The smallest absolute Gasteiger partial charge is 0.191 e. The molecule has 2 N–H and O–H groups in total. The van der Waals surface area contributed by atoms with Crippen molar-refractivity contribution in [3.05, 3.63) is 58.3 Å². The minimum atomic E-state index is 0.897. The summed E-state index contributed by atoms with van der Waals surface area (Å²) in [6.45, 7) is 8.53. The molecule has 27 heavy (non-hydrogen) atoms. The van der Waals surface area contributed by atoms with E-state index in [0.29, 0.717) is 0 Å². The van der Waals surface area contributed by atoms with Gasteiger partial charge in [-0.1, -0.05) is 36.4 Å². The monoisotopic (exact) mass is 385 g/mol. The van der Waals surface area contributed by atoms with E-state index in [1.54, 1.807) is 0 Å². The van der Waals surface area contributed by atoms with Crippen LogP contribution in [0.4, 0.5) is 0 Å². The molecule has 3 rings (SSSR count). The Balaban J connectivity index is 1.28. The maximum Gasteiger partial charge on any atom is 0.191 e. The molecule has 1 aromatic carbocycles. The molecule has 0 atom stereocenters. The summed E-state index contributed by atoms with van der Waals surface area (Å²) in [5.74, 6) is 0.897. The van der Waals surface area contributed by atoms with Crippen molar-refractivity contribution in [2.75, 3.05) is 52.9 Å². The molecule has 146 valence electrons. The molecule has 0 saturated carbocycles. The zero-order valence-electron chi connectivity index (χ0n) is 16.2. The Kier molecular flexibility index (Phi) is 8.14. The van der Waals surface area contributed by atoms with Gasteiger partial charge in [-0.2, -0.15) is 0 Å². The van der Waals surface area contributed by atoms with Crippen LogP contribution in [0.5, 0.6) is 0 Å². The molecule has 1 aromatic heterocycles. The Bertz CT molecular complexity index is 663. The molecular weight excluding hydrogens is 354 g/mol. The lowest BCUT2D eigenvalue weighted by Gasteiger charge is -2.34. The van der Waals surface area contributed by atoms with Gasteiger partial charge in [0.15, 0.2) is 5.96 Å². The summed E-state index contributed by atoms with van der Waals surface area (Å²) in [4.78, 5) is 10.8. The predicted octanol–water partition coefficient (Wildman–Crippen LogP) is 2.27. The summed E-state index contributed by atoms with van der Waals surface area (Å²) in [7, 11) is 1.84. The number of benzene rings is 1. The van der Waals surface area contributed by atoms with E-state index in [-0.39, 0.29) is 0 Å². The molecule has 2 aromatic rings. The van der Waals surface area contributed by atoms with Crippen molar-refractivity contribution in [3.63, 3.8) is 0 Å². The first-order valence-corrected chi connectivity index (χ1v) is 10.7. The van der Waals surface area contributed by atoms with Gasteiger partial charge in [-0.3, -0.25) is 14.8 Å². The van der Waals surface area contributed by atoms with Gasteiger partial charge in [-0.25, -0.2) is 0 Å². The van der Waals surface area contributed by atoms with Crippen molar-refractivity contribution in [2.24, 2.45) is 4.99 Å². The van der Waals surface area contributed by atoms with Crippen molar-refractivity contribution < 1.29 is 0 Å². The van der Waals surface area contributed by atoms with Crippen LogP contribution in [0.2, 0.25) is 0 Å². The van der Waals surface area contributed by atoms with Crippen molar-refractivity contribution in [2.45, 2.75) is 13.0 Å². The molecule has 6 heteroatoms. The van der Waals surface area contributed by atoms with Gasteiger partial charge < -0.3 is 10.6 Å². The van der Waals surface area contributed by atoms with E-state index in [2.05, 4.69) is 73.3 Å². The van der Waals surface area contributed by atoms with Crippen LogP contribution in [0.1, 0.15) is 10.4 Å². The topological polar surface area (TPSA) is 42.9 Å². The van der Waals surface area contributed by atoms with Gasteiger partial charge in [0.25, 0.3) is 0 Å². The summed E-state index contributed by atoms with van der Waals surface area (Å²) in [5.41, 5.74) is 1.41. The third-order valence-corrected chi connectivity index (χ3v) is 5.84. The first kappa shape index (κ1) is 19.9. The second-order valence-corrected chi connectivity index (χ2v) is 7.89. The van der Waals surface area contributed by atoms with Crippen LogP contribution in [-0.4, -0.2) is 68.6 Å². The Morgan fingerprint density at radius 2 is 1.70 bits per heavy atom. The maximum atomic E-state index is 4.32. The van der Waals surface area contributed by atoms with Crippen molar-refractivity contribution in [1.29, 1.82) is 0 Å². The predicted molar refractivity (Wildman–Crippen MR) is 116 cm³/mol. The molecule has 1 aliphatic rings. The van der Waals surface area contributed by atoms with E-state index >= 15 is 0 Å². The molecule has 5 nitrogen and oxygen atoms in total. The molecule has 1 fully saturated rings. The standard InChI is InChI=1S/C21H31N5S/c1-22-21(23-10-9-20-8-5-17-27-20)24-11-12-25-13-15-26(16-14-25)18-19-6-3-2-4-7-19/h2-8,17H,9-16,18H2,1H3,(H2,22,23,24). The second-order valence-electron chi connectivity index (χ2n) is 6.86. The van der Waals surface area contributed by atoms with E-state index in [0.717, 1.165) is 64.7 Å². The first-order chi connectivity index (χ1) is 13.3. The van der Waals surface area contributed by atoms with Crippen LogP contribution in [0, 0.1) is 0 Å². The number of nitrogens with zero attached hydrogens (tertiary/aromatic N) is 3. The van der Waals surface area contributed by atoms with Gasteiger partial charge in [-0.15, -0.1) is 11.3 Å². The Morgan fingerprint density at radius 3 is 2.41 bits per heavy atom. The van der Waals surface area contributed by atoms with Crippen LogP contribution in [0.15, 0.2) is 52.8 Å². The van der Waals surface area contributed by atoms with Crippen LogP contribution in [0.25, 0.3) is 0 Å². The third kappa shape index (κ3) is 6.97. The van der Waals surface area contributed by atoms with E-state index in [1.165, 1.54) is 10.4 Å². The highest BCUT2D eigenvalue weighted by atomic mass is 32.1. The number of hydrogen-bond acceptors (Lipinski definition) is 4. The van der Waals surface area contributed by atoms with Gasteiger partial charge in [-0.05, 0) is 23.4 Å². The van der Waals surface area contributed by atoms with E-state index < -0.39 is 0 Å². The molecule has 1 saturated heterocycles. The molecule has 2 heterocycles. The maximum absolute atomic E-state index is 4.32. The molecule has 1 aliphatic heterocycles. The van der Waals surface area contributed by atoms with Crippen molar-refractivity contribution in [3.8, 4) is 0 Å². The van der Waals surface area contributed by atoms with Gasteiger partial charge in [0.05, 0.1) is 0 Å². The molecule has 0 amide bonds. The average Bonchev–Trinajstić information content (AvgIpc) is 3.22. The first-order valence-electron chi connectivity index (χ1n) is 9.79. The number of rotatable bonds is 8. The van der Waals surface area contributed by atoms with Crippen molar-refractivity contribution in [1.82, 2.24) is 20.4 Å². The van der Waals surface area contributed by atoms with E-state index in [4.69, 9.17) is 0 Å². The molecule has 0 aliphatic carbocycles.